The van der Waals surface area contributed by atoms with Crippen molar-refractivity contribution in [2.24, 2.45) is 0 Å². The Balaban J connectivity index is 2.00. The molecule has 6 heteroatoms. The van der Waals surface area contributed by atoms with Crippen molar-refractivity contribution >= 4 is 29.1 Å². The zero-order chi connectivity index (χ0) is 20.4. The fourth-order valence-corrected chi connectivity index (χ4v) is 3.51. The highest BCUT2D eigenvalue weighted by atomic mass is 35.5. The number of hydrogen-bond donors (Lipinski definition) is 0. The third kappa shape index (κ3) is 3.52. The third-order valence-corrected chi connectivity index (χ3v) is 4.97. The first kappa shape index (κ1) is 18.9. The van der Waals surface area contributed by atoms with Crippen LogP contribution in [-0.4, -0.2) is 16.0 Å². The van der Waals surface area contributed by atoms with Crippen molar-refractivity contribution in [2.45, 2.75) is 13.8 Å². The topological polar surface area (TPSA) is 59.2 Å². The van der Waals surface area contributed by atoms with Crippen molar-refractivity contribution in [3.8, 4) is 22.4 Å². The summed E-state index contributed by atoms with van der Waals surface area (Å²) in [5, 5.41) is 4.79. The lowest BCUT2D eigenvalue weighted by atomic mass is 9.98. The van der Waals surface area contributed by atoms with Crippen LogP contribution in [0, 0.1) is 6.92 Å². The van der Waals surface area contributed by atoms with Gasteiger partial charge in [0.1, 0.15) is 5.69 Å². The van der Waals surface area contributed by atoms with Gasteiger partial charge in [-0.15, -0.1) is 0 Å². The smallest absolute Gasteiger partial charge is 0.247 e. The van der Waals surface area contributed by atoms with Gasteiger partial charge in [-0.05, 0) is 42.3 Å². The van der Waals surface area contributed by atoms with Crippen LogP contribution in [0.4, 0.5) is 11.6 Å². The molecule has 2 aromatic heterocycles. The van der Waals surface area contributed by atoms with E-state index in [4.69, 9.17) is 16.1 Å². The fourth-order valence-electron chi connectivity index (χ4n) is 3.29. The molecule has 1 amide bonds. The number of benzene rings is 2. The molecule has 144 valence electrons. The van der Waals surface area contributed by atoms with Crippen molar-refractivity contribution in [3.63, 3.8) is 0 Å². The highest BCUT2D eigenvalue weighted by Gasteiger charge is 2.29. The van der Waals surface area contributed by atoms with Crippen molar-refractivity contribution in [1.82, 2.24) is 10.1 Å². The molecule has 0 aliphatic rings. The molecule has 0 N–H and O–H groups in total. The second-order valence-corrected chi connectivity index (χ2v) is 6.98. The number of rotatable bonds is 4. The predicted octanol–water partition coefficient (Wildman–Crippen LogP) is 6.05. The Hall–Kier alpha value is -3.44. The van der Waals surface area contributed by atoms with Crippen LogP contribution in [0.3, 0.4) is 0 Å². The van der Waals surface area contributed by atoms with Crippen molar-refractivity contribution in [3.05, 3.63) is 83.6 Å². The van der Waals surface area contributed by atoms with Gasteiger partial charge in [0.05, 0.1) is 16.3 Å². The molecule has 0 aliphatic heterocycles. The minimum absolute atomic E-state index is 0.235. The van der Waals surface area contributed by atoms with E-state index in [1.54, 1.807) is 24.5 Å². The Morgan fingerprint density at radius 2 is 1.69 bits per heavy atom. The van der Waals surface area contributed by atoms with Crippen LogP contribution in [-0.2, 0) is 4.79 Å². The fraction of sp³-hybridized carbons (Fsp3) is 0.0870. The van der Waals surface area contributed by atoms with Gasteiger partial charge in [-0.3, -0.25) is 9.78 Å². The molecular formula is C23H18ClN3O2. The summed E-state index contributed by atoms with van der Waals surface area (Å²) in [7, 11) is 0. The number of para-hydroxylation sites is 1. The van der Waals surface area contributed by atoms with Crippen LogP contribution in [0.5, 0.6) is 0 Å². The monoisotopic (exact) mass is 403 g/mol. The van der Waals surface area contributed by atoms with Crippen LogP contribution >= 0.6 is 11.6 Å². The van der Waals surface area contributed by atoms with Gasteiger partial charge in [0.15, 0.2) is 0 Å². The van der Waals surface area contributed by atoms with E-state index in [0.717, 1.165) is 16.7 Å². The first-order valence-electron chi connectivity index (χ1n) is 9.09. The second kappa shape index (κ2) is 7.89. The number of carbonyl (C=O) groups is 1. The number of amides is 1. The largest absolute Gasteiger partial charge is 0.337 e. The van der Waals surface area contributed by atoms with Crippen molar-refractivity contribution in [1.29, 1.82) is 0 Å². The van der Waals surface area contributed by atoms with E-state index in [1.165, 1.54) is 11.8 Å². The molecule has 2 aromatic carbocycles. The molecule has 0 fully saturated rings. The van der Waals surface area contributed by atoms with E-state index < -0.39 is 0 Å². The van der Waals surface area contributed by atoms with Gasteiger partial charge in [-0.25, -0.2) is 4.90 Å². The summed E-state index contributed by atoms with van der Waals surface area (Å²) in [5.41, 5.74) is 4.71. The van der Waals surface area contributed by atoms with E-state index >= 15 is 0 Å². The van der Waals surface area contributed by atoms with Gasteiger partial charge in [0.2, 0.25) is 11.8 Å². The maximum atomic E-state index is 12.7. The Kier molecular flexibility index (Phi) is 5.14. The molecule has 0 saturated heterocycles. The SMILES string of the molecule is CC(=O)N(c1ccccc1Cl)c1onc(-c2ccccc2C)c1-c1ccncc1. The van der Waals surface area contributed by atoms with Crippen LogP contribution in [0.1, 0.15) is 12.5 Å². The van der Waals surface area contributed by atoms with Crippen LogP contribution in [0.25, 0.3) is 22.4 Å². The lowest BCUT2D eigenvalue weighted by molar-refractivity contribution is -0.116. The summed E-state index contributed by atoms with van der Waals surface area (Å²) in [6, 6.07) is 18.8. The zero-order valence-corrected chi connectivity index (χ0v) is 16.7. The highest BCUT2D eigenvalue weighted by Crippen LogP contribution is 2.43. The molecule has 0 aliphatic carbocycles. The summed E-state index contributed by atoms with van der Waals surface area (Å²) in [6.07, 6.45) is 3.39. The highest BCUT2D eigenvalue weighted by molar-refractivity contribution is 6.34. The summed E-state index contributed by atoms with van der Waals surface area (Å²) < 4.78 is 5.77. The number of carbonyl (C=O) groups excluding carboxylic acids is 1. The van der Waals surface area contributed by atoms with Gasteiger partial charge in [0.25, 0.3) is 0 Å². The van der Waals surface area contributed by atoms with E-state index in [0.29, 0.717) is 27.9 Å². The molecule has 0 spiro atoms. The number of nitrogens with zero attached hydrogens (tertiary/aromatic N) is 3. The number of aromatic nitrogens is 2. The van der Waals surface area contributed by atoms with Gasteiger partial charge in [0, 0.05) is 24.9 Å². The van der Waals surface area contributed by atoms with Gasteiger partial charge < -0.3 is 4.52 Å². The van der Waals surface area contributed by atoms with Crippen LogP contribution in [0.2, 0.25) is 5.02 Å². The maximum absolute atomic E-state index is 12.7. The summed E-state index contributed by atoms with van der Waals surface area (Å²) in [6.45, 7) is 3.48. The zero-order valence-electron chi connectivity index (χ0n) is 16.0. The van der Waals surface area contributed by atoms with E-state index in [9.17, 15) is 4.79 Å². The molecule has 5 nitrogen and oxygen atoms in total. The Morgan fingerprint density at radius 1 is 1.00 bits per heavy atom. The van der Waals surface area contributed by atoms with Gasteiger partial charge in [-0.2, -0.15) is 0 Å². The molecule has 0 unspecified atom stereocenters. The quantitative estimate of drug-likeness (QED) is 0.416. The minimum atomic E-state index is -0.235. The Labute approximate surface area is 173 Å². The standard InChI is InChI=1S/C23H18ClN3O2/c1-15-7-3-4-8-18(15)22-21(17-11-13-25-14-12-17)23(29-26-22)27(16(2)28)20-10-6-5-9-19(20)24/h3-14H,1-2H3. The summed E-state index contributed by atoms with van der Waals surface area (Å²) in [5.74, 6) is 0.0796. The molecule has 4 rings (SSSR count). The third-order valence-electron chi connectivity index (χ3n) is 4.65. The Morgan fingerprint density at radius 3 is 2.38 bits per heavy atom. The first-order chi connectivity index (χ1) is 14.1. The molecule has 4 aromatic rings. The predicted molar refractivity (Wildman–Crippen MR) is 114 cm³/mol. The average Bonchev–Trinajstić information content (AvgIpc) is 3.15. The molecule has 0 saturated carbocycles. The first-order valence-corrected chi connectivity index (χ1v) is 9.47. The number of aryl methyl sites for hydroxylation is 1. The minimum Gasteiger partial charge on any atom is -0.337 e. The molecule has 2 heterocycles. The van der Waals surface area contributed by atoms with E-state index in [-0.39, 0.29) is 5.91 Å². The number of pyridine rings is 1. The maximum Gasteiger partial charge on any atom is 0.247 e. The van der Waals surface area contributed by atoms with Gasteiger partial charge >= 0.3 is 0 Å². The lowest BCUT2D eigenvalue weighted by Gasteiger charge is -2.20. The number of hydrogen-bond acceptors (Lipinski definition) is 4. The Bertz CT molecular complexity index is 1170. The van der Waals surface area contributed by atoms with E-state index in [2.05, 4.69) is 10.1 Å². The molecule has 29 heavy (non-hydrogen) atoms. The van der Waals surface area contributed by atoms with Crippen LogP contribution < -0.4 is 4.90 Å². The number of anilines is 2. The molecule has 0 radical (unpaired) electrons. The number of halogens is 1. The average molecular weight is 404 g/mol. The summed E-state index contributed by atoms with van der Waals surface area (Å²) >= 11 is 6.39. The molecule has 0 atom stereocenters. The second-order valence-electron chi connectivity index (χ2n) is 6.57. The molecular weight excluding hydrogens is 386 g/mol. The van der Waals surface area contributed by atoms with E-state index in [1.807, 2.05) is 55.5 Å². The summed E-state index contributed by atoms with van der Waals surface area (Å²) in [4.78, 5) is 18.2. The van der Waals surface area contributed by atoms with Crippen molar-refractivity contribution in [2.75, 3.05) is 4.90 Å². The van der Waals surface area contributed by atoms with Crippen LogP contribution in [0.15, 0.2) is 77.6 Å². The lowest BCUT2D eigenvalue weighted by Crippen LogP contribution is -2.23. The molecule has 0 bridgehead atoms. The van der Waals surface area contributed by atoms with Gasteiger partial charge in [-0.1, -0.05) is 53.2 Å². The van der Waals surface area contributed by atoms with Crippen molar-refractivity contribution < 1.29 is 9.32 Å². The normalized spacial score (nSPS) is 10.7.